The number of rotatable bonds is 1. The second-order valence-electron chi connectivity index (χ2n) is 3.56. The molecule has 5 atom stereocenters. The molecule has 1 aliphatic rings. The van der Waals surface area contributed by atoms with Crippen LogP contribution in [0.1, 0.15) is 6.42 Å². The second-order valence-corrected chi connectivity index (χ2v) is 3.56. The molecule has 0 aromatic rings. The van der Waals surface area contributed by atoms with E-state index in [2.05, 4.69) is 0 Å². The molecule has 1 rings (SSSR count). The lowest BCUT2D eigenvalue weighted by Gasteiger charge is -2.43. The van der Waals surface area contributed by atoms with Crippen LogP contribution >= 0.6 is 12.4 Å². The predicted molar refractivity (Wildman–Crippen MR) is 49.9 cm³/mol. The summed E-state index contributed by atoms with van der Waals surface area (Å²) in [4.78, 5) is 0. The van der Waals surface area contributed by atoms with Crippen molar-refractivity contribution in [3.05, 3.63) is 0 Å². The van der Waals surface area contributed by atoms with Crippen LogP contribution in [0.25, 0.3) is 0 Å². The summed E-state index contributed by atoms with van der Waals surface area (Å²) >= 11 is 0. The molecule has 86 valence electrons. The molecule has 1 fully saturated rings. The van der Waals surface area contributed by atoms with Gasteiger partial charge in [-0.1, -0.05) is 0 Å². The molecule has 1 unspecified atom stereocenters. The van der Waals surface area contributed by atoms with E-state index in [-0.39, 0.29) is 18.8 Å². The first kappa shape index (κ1) is 14.1. The summed E-state index contributed by atoms with van der Waals surface area (Å²) in [5, 5.41) is 46.1. The van der Waals surface area contributed by atoms with Crippen LogP contribution in [0.2, 0.25) is 0 Å². The fraction of sp³-hybridized carbons (Fsp3) is 1.00. The average molecular weight is 230 g/mol. The summed E-state index contributed by atoms with van der Waals surface area (Å²) in [6, 6.07) is -0.851. The van der Waals surface area contributed by atoms with E-state index in [1.807, 2.05) is 0 Å². The van der Waals surface area contributed by atoms with Crippen molar-refractivity contribution in [3.8, 4) is 0 Å². The van der Waals surface area contributed by atoms with E-state index in [0.717, 1.165) is 0 Å². The van der Waals surface area contributed by atoms with Crippen molar-refractivity contribution >= 4 is 12.4 Å². The molecule has 0 bridgehead atoms. The maximum Gasteiger partial charge on any atom is 0.118 e. The highest BCUT2D eigenvalue weighted by molar-refractivity contribution is 5.85. The first-order valence-corrected chi connectivity index (χ1v) is 4.05. The third kappa shape index (κ3) is 2.17. The molecule has 0 amide bonds. The summed E-state index contributed by atoms with van der Waals surface area (Å²) in [5.41, 5.74) is 3.57. The van der Waals surface area contributed by atoms with E-state index in [1.54, 1.807) is 0 Å². The molecule has 0 spiro atoms. The van der Waals surface area contributed by atoms with Crippen molar-refractivity contribution in [2.75, 3.05) is 6.61 Å². The predicted octanol–water partition coefficient (Wildman–Crippen LogP) is -3.05. The number of halogens is 1. The van der Waals surface area contributed by atoms with E-state index in [9.17, 15) is 20.4 Å². The molecule has 14 heavy (non-hydrogen) atoms. The maximum atomic E-state index is 9.56. The van der Waals surface area contributed by atoms with Crippen molar-refractivity contribution in [1.29, 1.82) is 0 Å². The van der Waals surface area contributed by atoms with Crippen LogP contribution in [0.3, 0.4) is 0 Å². The van der Waals surface area contributed by atoms with Crippen molar-refractivity contribution in [3.63, 3.8) is 0 Å². The number of aliphatic hydroxyl groups excluding tert-OH is 4. The second kappa shape index (κ2) is 4.71. The number of aliphatic hydroxyl groups is 5. The summed E-state index contributed by atoms with van der Waals surface area (Å²) in [5.74, 6) is 0. The van der Waals surface area contributed by atoms with Gasteiger partial charge in [-0.25, -0.2) is 0 Å². The zero-order valence-electron chi connectivity index (χ0n) is 7.45. The van der Waals surface area contributed by atoms with Crippen LogP contribution in [0.4, 0.5) is 0 Å². The van der Waals surface area contributed by atoms with Gasteiger partial charge in [0.1, 0.15) is 17.8 Å². The van der Waals surface area contributed by atoms with Crippen LogP contribution < -0.4 is 5.73 Å². The zero-order chi connectivity index (χ0) is 10.2. The zero-order valence-corrected chi connectivity index (χ0v) is 8.26. The van der Waals surface area contributed by atoms with Crippen LogP contribution in [0, 0.1) is 0 Å². The molecule has 7 heteroatoms. The third-order valence-electron chi connectivity index (χ3n) is 2.53. The first-order chi connectivity index (χ1) is 5.92. The Bertz CT molecular complexity index is 195. The monoisotopic (exact) mass is 229 g/mol. The molecule has 1 saturated carbocycles. The minimum Gasteiger partial charge on any atom is -0.393 e. The van der Waals surface area contributed by atoms with E-state index in [1.165, 1.54) is 0 Å². The molecule has 0 aromatic carbocycles. The Labute approximate surface area is 87.4 Å². The molecule has 0 aromatic heterocycles. The minimum absolute atomic E-state index is 0. The van der Waals surface area contributed by atoms with Gasteiger partial charge >= 0.3 is 0 Å². The molecular weight excluding hydrogens is 214 g/mol. The normalized spacial score (nSPS) is 48.4. The highest BCUT2D eigenvalue weighted by Gasteiger charge is 2.49. The van der Waals surface area contributed by atoms with E-state index < -0.39 is 36.6 Å². The smallest absolute Gasteiger partial charge is 0.118 e. The summed E-state index contributed by atoms with van der Waals surface area (Å²) in [6.07, 6.45) is -4.53. The van der Waals surface area contributed by atoms with Gasteiger partial charge < -0.3 is 31.3 Å². The summed E-state index contributed by atoms with van der Waals surface area (Å²) in [6.45, 7) is -0.703. The van der Waals surface area contributed by atoms with Gasteiger partial charge in [0.2, 0.25) is 0 Å². The largest absolute Gasteiger partial charge is 0.393 e. The van der Waals surface area contributed by atoms with Gasteiger partial charge in [0.05, 0.1) is 12.7 Å². The molecule has 0 aliphatic heterocycles. The molecule has 0 heterocycles. The molecule has 0 saturated heterocycles. The van der Waals surface area contributed by atoms with Gasteiger partial charge in [0.15, 0.2) is 0 Å². The number of hydrogen-bond donors (Lipinski definition) is 6. The summed E-state index contributed by atoms with van der Waals surface area (Å²) in [7, 11) is 0. The topological polar surface area (TPSA) is 127 Å². The van der Waals surface area contributed by atoms with E-state index in [4.69, 9.17) is 10.8 Å². The molecule has 6 nitrogen and oxygen atoms in total. The average Bonchev–Trinajstić information content (AvgIpc) is 2.12. The SMILES string of the molecule is Cl.N[C@H]1C[C@](O)(CO)[C@@H](O)C(O)[C@H]1O. The molecule has 1 aliphatic carbocycles. The van der Waals surface area contributed by atoms with Crippen molar-refractivity contribution < 1.29 is 25.5 Å². The van der Waals surface area contributed by atoms with Gasteiger partial charge in [-0.3, -0.25) is 0 Å². The third-order valence-corrected chi connectivity index (χ3v) is 2.53. The molecule has 7 N–H and O–H groups in total. The lowest BCUT2D eigenvalue weighted by molar-refractivity contribution is -0.203. The highest BCUT2D eigenvalue weighted by atomic mass is 35.5. The van der Waals surface area contributed by atoms with Crippen LogP contribution in [0.15, 0.2) is 0 Å². The minimum atomic E-state index is -1.82. The standard InChI is InChI=1S/C7H15NO5.ClH/c8-3-1-7(13,2-9)6(12)5(11)4(3)10;/h3-6,9-13H,1-2,8H2;1H/t3-,4-,5?,6-,7-;/m0./s1. The van der Waals surface area contributed by atoms with Gasteiger partial charge in [0.25, 0.3) is 0 Å². The van der Waals surface area contributed by atoms with Gasteiger partial charge in [0, 0.05) is 6.04 Å². The summed E-state index contributed by atoms with van der Waals surface area (Å²) < 4.78 is 0. The van der Waals surface area contributed by atoms with E-state index in [0.29, 0.717) is 0 Å². The number of nitrogens with two attached hydrogens (primary N) is 1. The Balaban J connectivity index is 0.00000169. The Morgan fingerprint density at radius 3 is 2.14 bits per heavy atom. The number of hydrogen-bond acceptors (Lipinski definition) is 6. The van der Waals surface area contributed by atoms with Crippen molar-refractivity contribution in [1.82, 2.24) is 0 Å². The van der Waals surface area contributed by atoms with Crippen LogP contribution in [0.5, 0.6) is 0 Å². The van der Waals surface area contributed by atoms with E-state index >= 15 is 0 Å². The maximum absolute atomic E-state index is 9.56. The first-order valence-electron chi connectivity index (χ1n) is 4.05. The Kier molecular flexibility index (Phi) is 4.73. The lowest BCUT2D eigenvalue weighted by Crippen LogP contribution is -2.66. The molecular formula is C7H16ClNO5. The van der Waals surface area contributed by atoms with Crippen LogP contribution in [-0.2, 0) is 0 Å². The van der Waals surface area contributed by atoms with Gasteiger partial charge in [-0.05, 0) is 6.42 Å². The highest BCUT2D eigenvalue weighted by Crippen LogP contribution is 2.28. The quantitative estimate of drug-likeness (QED) is 0.284. The van der Waals surface area contributed by atoms with Gasteiger partial charge in [-0.2, -0.15) is 0 Å². The van der Waals surface area contributed by atoms with Crippen molar-refractivity contribution in [2.45, 2.75) is 36.4 Å². The van der Waals surface area contributed by atoms with Crippen molar-refractivity contribution in [2.24, 2.45) is 5.73 Å². The lowest BCUT2D eigenvalue weighted by atomic mass is 9.77. The fourth-order valence-corrected chi connectivity index (χ4v) is 1.57. The van der Waals surface area contributed by atoms with Gasteiger partial charge in [-0.15, -0.1) is 12.4 Å². The molecule has 0 radical (unpaired) electrons. The Morgan fingerprint density at radius 2 is 1.71 bits per heavy atom. The Hall–Kier alpha value is 0.0500. The Morgan fingerprint density at radius 1 is 1.21 bits per heavy atom. The van der Waals surface area contributed by atoms with Crippen LogP contribution in [-0.4, -0.2) is 62.1 Å². The fourth-order valence-electron chi connectivity index (χ4n) is 1.57.